The number of alkyl halides is 3. The van der Waals surface area contributed by atoms with Crippen LogP contribution in [0.2, 0.25) is 0 Å². The summed E-state index contributed by atoms with van der Waals surface area (Å²) in [5, 5.41) is 10.7. The fourth-order valence-electron chi connectivity index (χ4n) is 7.57. The maximum atomic E-state index is 13.7. The lowest BCUT2D eigenvalue weighted by molar-refractivity contribution is -0.304. The normalized spacial score (nSPS) is 51.1. The summed E-state index contributed by atoms with van der Waals surface area (Å²) in [5.41, 5.74) is -2.76. The molecule has 7 atom stereocenters. The van der Waals surface area contributed by atoms with Crippen LogP contribution in [0.1, 0.15) is 65.2 Å². The van der Waals surface area contributed by atoms with E-state index in [1.165, 1.54) is 0 Å². The molecule has 0 saturated heterocycles. The third-order valence-corrected chi connectivity index (χ3v) is 9.09. The molecule has 4 rings (SSSR count). The predicted molar refractivity (Wildman–Crippen MR) is 92.3 cm³/mol. The van der Waals surface area contributed by atoms with Gasteiger partial charge in [0, 0.05) is 5.41 Å². The van der Waals surface area contributed by atoms with Gasteiger partial charge in [0.05, 0.1) is 0 Å². The Hall–Kier alpha value is -0.840. The third-order valence-electron chi connectivity index (χ3n) is 9.09. The summed E-state index contributed by atoms with van der Waals surface area (Å²) in [6.07, 6.45) is 3.57. The molecule has 0 bridgehead atoms. The Bertz CT molecular complexity index is 642. The van der Waals surface area contributed by atoms with Crippen molar-refractivity contribution >= 4 is 6.29 Å². The minimum Gasteiger partial charge on any atom is -0.380 e. The molecule has 0 aromatic heterocycles. The number of hydrogen-bond acceptors (Lipinski definition) is 2. The van der Waals surface area contributed by atoms with E-state index in [0.717, 1.165) is 44.0 Å². The van der Waals surface area contributed by atoms with Crippen LogP contribution in [0, 0.1) is 34.5 Å². The average Bonchev–Trinajstić information content (AvgIpc) is 2.86. The summed E-state index contributed by atoms with van der Waals surface area (Å²) in [5.74, 6) is 1.05. The molecule has 0 unspecified atom stereocenters. The second kappa shape index (κ2) is 5.59. The average molecular weight is 370 g/mol. The van der Waals surface area contributed by atoms with Crippen LogP contribution in [0.25, 0.3) is 0 Å². The molecule has 0 heterocycles. The summed E-state index contributed by atoms with van der Waals surface area (Å²) in [6, 6.07) is 0. The van der Waals surface area contributed by atoms with Crippen LogP contribution >= 0.6 is 0 Å². The zero-order valence-electron chi connectivity index (χ0n) is 15.6. The van der Waals surface area contributed by atoms with E-state index in [1.807, 2.05) is 0 Å². The molecule has 3 saturated carbocycles. The number of allylic oxidation sites excluding steroid dienone is 2. The second-order valence-electron chi connectivity index (χ2n) is 9.82. The van der Waals surface area contributed by atoms with Crippen LogP contribution in [-0.2, 0) is 4.79 Å². The van der Waals surface area contributed by atoms with Crippen molar-refractivity contribution in [2.45, 2.75) is 77.0 Å². The maximum absolute atomic E-state index is 13.7. The predicted octanol–water partition coefficient (Wildman–Crippen LogP) is 5.06. The van der Waals surface area contributed by atoms with Gasteiger partial charge in [-0.05, 0) is 86.0 Å². The maximum Gasteiger partial charge on any atom is 0.417 e. The third kappa shape index (κ3) is 2.18. The lowest BCUT2D eigenvalue weighted by atomic mass is 9.44. The van der Waals surface area contributed by atoms with E-state index in [2.05, 4.69) is 13.0 Å². The number of halogens is 3. The fraction of sp³-hybridized carbons (Fsp3) is 0.857. The molecule has 4 aliphatic rings. The largest absolute Gasteiger partial charge is 0.417 e. The van der Waals surface area contributed by atoms with Gasteiger partial charge in [0.15, 0.2) is 5.60 Å². The van der Waals surface area contributed by atoms with Gasteiger partial charge in [-0.1, -0.05) is 19.9 Å². The van der Waals surface area contributed by atoms with Crippen LogP contribution < -0.4 is 0 Å². The highest BCUT2D eigenvalue weighted by Gasteiger charge is 2.72. The molecule has 3 fully saturated rings. The number of carbonyl (C=O) groups is 1. The van der Waals surface area contributed by atoms with Crippen LogP contribution in [0.15, 0.2) is 11.6 Å². The molecule has 0 amide bonds. The van der Waals surface area contributed by atoms with Crippen molar-refractivity contribution in [2.24, 2.45) is 34.5 Å². The smallest absolute Gasteiger partial charge is 0.380 e. The van der Waals surface area contributed by atoms with Gasteiger partial charge in [-0.3, -0.25) is 4.79 Å². The molecule has 0 aliphatic heterocycles. The van der Waals surface area contributed by atoms with Crippen molar-refractivity contribution in [3.05, 3.63) is 11.6 Å². The quantitative estimate of drug-likeness (QED) is 0.655. The van der Waals surface area contributed by atoms with Crippen LogP contribution in [-0.4, -0.2) is 23.2 Å². The second-order valence-corrected chi connectivity index (χ2v) is 9.82. The Balaban J connectivity index is 1.67. The van der Waals surface area contributed by atoms with E-state index in [1.54, 1.807) is 6.92 Å². The standard InChI is InChI=1S/C21H29F3O2/c1-18-11-13(12-25)3-4-14(18)5-6-15-16(18)7-9-19(2)17(15)8-10-20(19,26)21(22,23)24/h3,12,14-17,26H,4-11H2,1-2H3/t14-,15-,16+,17+,18+,19+,20+/m1/s1. The number of rotatable bonds is 1. The molecule has 0 spiro atoms. The molecule has 0 aromatic carbocycles. The topological polar surface area (TPSA) is 37.3 Å². The molecule has 0 aromatic rings. The summed E-state index contributed by atoms with van der Waals surface area (Å²) >= 11 is 0. The van der Waals surface area contributed by atoms with Gasteiger partial charge in [0.2, 0.25) is 0 Å². The molecule has 5 heteroatoms. The number of fused-ring (bicyclic) bond motifs is 5. The Morgan fingerprint density at radius 1 is 1.12 bits per heavy atom. The first-order valence-electron chi connectivity index (χ1n) is 10.0. The molecule has 4 aliphatic carbocycles. The van der Waals surface area contributed by atoms with E-state index in [4.69, 9.17) is 0 Å². The van der Waals surface area contributed by atoms with E-state index < -0.39 is 17.2 Å². The zero-order chi connectivity index (χ0) is 19.0. The van der Waals surface area contributed by atoms with Gasteiger partial charge in [-0.2, -0.15) is 13.2 Å². The molecule has 146 valence electrons. The van der Waals surface area contributed by atoms with Crippen molar-refractivity contribution in [3.63, 3.8) is 0 Å². The van der Waals surface area contributed by atoms with Gasteiger partial charge in [-0.15, -0.1) is 0 Å². The van der Waals surface area contributed by atoms with Crippen molar-refractivity contribution in [3.8, 4) is 0 Å². The van der Waals surface area contributed by atoms with E-state index in [9.17, 15) is 23.1 Å². The Morgan fingerprint density at radius 3 is 2.46 bits per heavy atom. The van der Waals surface area contributed by atoms with E-state index in [-0.39, 0.29) is 23.7 Å². The van der Waals surface area contributed by atoms with Crippen molar-refractivity contribution < 1.29 is 23.1 Å². The molecule has 1 N–H and O–H groups in total. The van der Waals surface area contributed by atoms with Gasteiger partial charge >= 0.3 is 6.18 Å². The lowest BCUT2D eigenvalue weighted by Gasteiger charge is -2.60. The van der Waals surface area contributed by atoms with Gasteiger partial charge in [0.1, 0.15) is 6.29 Å². The first-order chi connectivity index (χ1) is 12.1. The first-order valence-corrected chi connectivity index (χ1v) is 10.0. The van der Waals surface area contributed by atoms with Crippen LogP contribution in [0.4, 0.5) is 13.2 Å². The summed E-state index contributed by atoms with van der Waals surface area (Å²) in [7, 11) is 0. The summed E-state index contributed by atoms with van der Waals surface area (Å²) in [6.45, 7) is 3.94. The Kier molecular flexibility index (Phi) is 3.98. The first kappa shape index (κ1) is 18.5. The van der Waals surface area contributed by atoms with Gasteiger partial charge in [-0.25, -0.2) is 0 Å². The summed E-state index contributed by atoms with van der Waals surface area (Å²) in [4.78, 5) is 11.3. The van der Waals surface area contributed by atoms with Gasteiger partial charge in [0.25, 0.3) is 0 Å². The molecule has 26 heavy (non-hydrogen) atoms. The van der Waals surface area contributed by atoms with Crippen LogP contribution in [0.3, 0.4) is 0 Å². The number of hydrogen-bond donors (Lipinski definition) is 1. The Morgan fingerprint density at radius 2 is 1.81 bits per heavy atom. The van der Waals surface area contributed by atoms with Crippen molar-refractivity contribution in [1.82, 2.24) is 0 Å². The zero-order valence-corrected chi connectivity index (χ0v) is 15.6. The molecule has 0 radical (unpaired) electrons. The SMILES string of the molecule is C[C@]12CC(C=O)=CC[C@@H]1CC[C@@H]1[C@@H]2CC[C@@]2(C)[C@H]1CC[C@@]2(O)C(F)(F)F. The van der Waals surface area contributed by atoms with Crippen LogP contribution in [0.5, 0.6) is 0 Å². The lowest BCUT2D eigenvalue weighted by Crippen LogP contribution is -2.60. The number of carbonyl (C=O) groups excluding carboxylic acids is 1. The highest BCUT2D eigenvalue weighted by atomic mass is 19.4. The molecular weight excluding hydrogens is 341 g/mol. The summed E-state index contributed by atoms with van der Waals surface area (Å²) < 4.78 is 41.2. The van der Waals surface area contributed by atoms with Crippen molar-refractivity contribution in [2.75, 3.05) is 0 Å². The van der Waals surface area contributed by atoms with E-state index >= 15 is 0 Å². The minimum atomic E-state index is -4.57. The number of aldehydes is 1. The van der Waals surface area contributed by atoms with Crippen molar-refractivity contribution in [1.29, 1.82) is 0 Å². The number of aliphatic hydroxyl groups is 1. The van der Waals surface area contributed by atoms with Gasteiger partial charge < -0.3 is 5.11 Å². The molecule has 2 nitrogen and oxygen atoms in total. The highest BCUT2D eigenvalue weighted by molar-refractivity contribution is 5.73. The highest BCUT2D eigenvalue weighted by Crippen LogP contribution is 2.70. The Labute approximate surface area is 153 Å². The fourth-order valence-corrected chi connectivity index (χ4v) is 7.57. The molecular formula is C21H29F3O2. The minimum absolute atomic E-state index is 0.00811. The monoisotopic (exact) mass is 370 g/mol. The van der Waals surface area contributed by atoms with E-state index in [0.29, 0.717) is 24.7 Å².